The molecular weight excluding hydrogens is 270 g/mol. The summed E-state index contributed by atoms with van der Waals surface area (Å²) in [6.07, 6.45) is 7.20. The normalized spacial score (nSPS) is 13.1. The lowest BCUT2D eigenvalue weighted by atomic mass is 9.92. The molecule has 0 aliphatic carbocycles. The highest BCUT2D eigenvalue weighted by Crippen LogP contribution is 2.20. The van der Waals surface area contributed by atoms with E-state index in [0.29, 0.717) is 18.8 Å². The van der Waals surface area contributed by atoms with Gasteiger partial charge in [0.2, 0.25) is 10.0 Å². The van der Waals surface area contributed by atoms with Crippen molar-refractivity contribution in [3.05, 3.63) is 0 Å². The molecule has 0 saturated heterocycles. The number of hydrogen-bond donors (Lipinski definition) is 0. The molecule has 0 rings (SSSR count). The second-order valence-electron chi connectivity index (χ2n) is 6.94. The SMILES string of the molecule is CCCCCCCS(=O)(=O)N(CCC)CCC(C)(C)C. The van der Waals surface area contributed by atoms with E-state index in [0.717, 1.165) is 32.1 Å². The molecule has 0 bridgehead atoms. The number of nitrogens with zero attached hydrogens (tertiary/aromatic N) is 1. The second kappa shape index (κ2) is 9.78. The first-order valence-electron chi connectivity index (χ1n) is 8.20. The summed E-state index contributed by atoms with van der Waals surface area (Å²) in [5.74, 6) is 0.320. The van der Waals surface area contributed by atoms with Gasteiger partial charge in [-0.15, -0.1) is 0 Å². The maximum absolute atomic E-state index is 12.4. The average molecular weight is 306 g/mol. The first-order chi connectivity index (χ1) is 9.23. The zero-order valence-electron chi connectivity index (χ0n) is 14.2. The quantitative estimate of drug-likeness (QED) is 0.529. The predicted octanol–water partition coefficient (Wildman–Crippen LogP) is 4.43. The van der Waals surface area contributed by atoms with E-state index < -0.39 is 10.0 Å². The largest absolute Gasteiger partial charge is 0.214 e. The molecule has 0 unspecified atom stereocenters. The second-order valence-corrected chi connectivity index (χ2v) is 9.03. The van der Waals surface area contributed by atoms with Crippen molar-refractivity contribution in [1.82, 2.24) is 4.31 Å². The van der Waals surface area contributed by atoms with Crippen LogP contribution in [0.5, 0.6) is 0 Å². The van der Waals surface area contributed by atoms with Crippen molar-refractivity contribution in [3.63, 3.8) is 0 Å². The fourth-order valence-corrected chi connectivity index (χ4v) is 3.77. The van der Waals surface area contributed by atoms with Crippen LogP contribution < -0.4 is 0 Å². The summed E-state index contributed by atoms with van der Waals surface area (Å²) >= 11 is 0. The molecule has 0 saturated carbocycles. The van der Waals surface area contributed by atoms with Crippen LogP contribution in [0.1, 0.15) is 79.6 Å². The summed E-state index contributed by atoms with van der Waals surface area (Å²) in [5, 5.41) is 0. The Hall–Kier alpha value is -0.0900. The van der Waals surface area contributed by atoms with Crippen LogP contribution in [0, 0.1) is 5.41 Å². The first-order valence-corrected chi connectivity index (χ1v) is 9.81. The van der Waals surface area contributed by atoms with E-state index in [1.165, 1.54) is 12.8 Å². The van der Waals surface area contributed by atoms with E-state index in [4.69, 9.17) is 0 Å². The molecule has 0 aromatic heterocycles. The van der Waals surface area contributed by atoms with Gasteiger partial charge in [-0.05, 0) is 24.7 Å². The zero-order chi connectivity index (χ0) is 15.6. The lowest BCUT2D eigenvalue weighted by Gasteiger charge is -2.26. The Balaban J connectivity index is 4.33. The van der Waals surface area contributed by atoms with Gasteiger partial charge >= 0.3 is 0 Å². The predicted molar refractivity (Wildman–Crippen MR) is 88.5 cm³/mol. The van der Waals surface area contributed by atoms with E-state index in [1.54, 1.807) is 4.31 Å². The Morgan fingerprint density at radius 3 is 1.95 bits per heavy atom. The maximum Gasteiger partial charge on any atom is 0.214 e. The van der Waals surface area contributed by atoms with E-state index in [1.807, 2.05) is 6.92 Å². The first kappa shape index (κ1) is 19.9. The van der Waals surface area contributed by atoms with Gasteiger partial charge in [-0.3, -0.25) is 0 Å². The van der Waals surface area contributed by atoms with E-state index in [2.05, 4.69) is 27.7 Å². The van der Waals surface area contributed by atoms with Crippen molar-refractivity contribution in [2.24, 2.45) is 5.41 Å². The summed E-state index contributed by atoms with van der Waals surface area (Å²) in [6.45, 7) is 12.0. The summed E-state index contributed by atoms with van der Waals surface area (Å²) in [7, 11) is -3.06. The van der Waals surface area contributed by atoms with Crippen LogP contribution in [0.4, 0.5) is 0 Å². The molecule has 3 nitrogen and oxygen atoms in total. The minimum Gasteiger partial charge on any atom is -0.212 e. The molecule has 0 amide bonds. The fraction of sp³-hybridized carbons (Fsp3) is 1.00. The molecule has 0 atom stereocenters. The summed E-state index contributed by atoms with van der Waals surface area (Å²) in [6, 6.07) is 0. The van der Waals surface area contributed by atoms with Crippen LogP contribution in [0.2, 0.25) is 0 Å². The van der Waals surface area contributed by atoms with E-state index >= 15 is 0 Å². The third-order valence-corrected chi connectivity index (χ3v) is 5.44. The fourth-order valence-electron chi connectivity index (χ4n) is 2.12. The Bertz CT molecular complexity index is 331. The Kier molecular flexibility index (Phi) is 9.73. The van der Waals surface area contributed by atoms with Crippen molar-refractivity contribution in [2.75, 3.05) is 18.8 Å². The molecule has 0 aromatic carbocycles. The minimum atomic E-state index is -3.06. The highest BCUT2D eigenvalue weighted by molar-refractivity contribution is 7.89. The molecule has 20 heavy (non-hydrogen) atoms. The van der Waals surface area contributed by atoms with Gasteiger partial charge in [-0.2, -0.15) is 0 Å². The molecule has 0 N–H and O–H groups in total. The van der Waals surface area contributed by atoms with Gasteiger partial charge in [0.1, 0.15) is 0 Å². The zero-order valence-corrected chi connectivity index (χ0v) is 15.1. The van der Waals surface area contributed by atoms with E-state index in [-0.39, 0.29) is 5.41 Å². The monoisotopic (exact) mass is 305 g/mol. The lowest BCUT2D eigenvalue weighted by molar-refractivity contribution is 0.310. The van der Waals surface area contributed by atoms with Crippen molar-refractivity contribution in [2.45, 2.75) is 79.6 Å². The van der Waals surface area contributed by atoms with Crippen LogP contribution in [-0.2, 0) is 10.0 Å². The highest BCUT2D eigenvalue weighted by Gasteiger charge is 2.22. The third-order valence-electron chi connectivity index (χ3n) is 3.48. The van der Waals surface area contributed by atoms with Crippen LogP contribution in [0.25, 0.3) is 0 Å². The van der Waals surface area contributed by atoms with E-state index in [9.17, 15) is 8.42 Å². The Morgan fingerprint density at radius 2 is 1.45 bits per heavy atom. The van der Waals surface area contributed by atoms with Crippen LogP contribution >= 0.6 is 0 Å². The number of hydrogen-bond acceptors (Lipinski definition) is 2. The number of sulfonamides is 1. The van der Waals surface area contributed by atoms with Gasteiger partial charge in [0, 0.05) is 13.1 Å². The third kappa shape index (κ3) is 9.76. The molecule has 122 valence electrons. The molecule has 0 aliphatic heterocycles. The molecule has 0 aromatic rings. The molecular formula is C16H35NO2S. The van der Waals surface area contributed by atoms with Crippen molar-refractivity contribution < 1.29 is 8.42 Å². The van der Waals surface area contributed by atoms with Crippen molar-refractivity contribution in [3.8, 4) is 0 Å². The summed E-state index contributed by atoms with van der Waals surface area (Å²) in [4.78, 5) is 0. The number of rotatable bonds is 11. The van der Waals surface area contributed by atoms with Gasteiger partial charge in [0.05, 0.1) is 5.75 Å². The minimum absolute atomic E-state index is 0.183. The van der Waals surface area contributed by atoms with Crippen molar-refractivity contribution >= 4 is 10.0 Å². The molecule has 0 radical (unpaired) electrons. The molecule has 0 aliphatic rings. The van der Waals surface area contributed by atoms with Crippen molar-refractivity contribution in [1.29, 1.82) is 0 Å². The standard InChI is InChI=1S/C16H35NO2S/c1-6-8-9-10-11-15-20(18,19)17(13-7-2)14-12-16(3,4)5/h6-15H2,1-5H3. The lowest BCUT2D eigenvalue weighted by Crippen LogP contribution is -2.36. The van der Waals surface area contributed by atoms with Crippen LogP contribution in [0.3, 0.4) is 0 Å². The smallest absolute Gasteiger partial charge is 0.212 e. The average Bonchev–Trinajstić information content (AvgIpc) is 2.32. The molecule has 0 fully saturated rings. The van der Waals surface area contributed by atoms with Gasteiger partial charge in [0.25, 0.3) is 0 Å². The van der Waals surface area contributed by atoms with Gasteiger partial charge in [-0.25, -0.2) is 12.7 Å². The highest BCUT2D eigenvalue weighted by atomic mass is 32.2. The van der Waals surface area contributed by atoms with Gasteiger partial charge < -0.3 is 0 Å². The maximum atomic E-state index is 12.4. The van der Waals surface area contributed by atoms with Gasteiger partial charge in [0.15, 0.2) is 0 Å². The topological polar surface area (TPSA) is 37.4 Å². The van der Waals surface area contributed by atoms with Crippen LogP contribution in [-0.4, -0.2) is 31.6 Å². The Morgan fingerprint density at radius 1 is 0.850 bits per heavy atom. The number of unbranched alkanes of at least 4 members (excludes halogenated alkanes) is 4. The Labute approximate surface area is 127 Å². The summed E-state index contributed by atoms with van der Waals surface area (Å²) < 4.78 is 26.5. The molecule has 0 spiro atoms. The summed E-state index contributed by atoms with van der Waals surface area (Å²) in [5.41, 5.74) is 0.183. The molecule has 0 heterocycles. The molecule has 4 heteroatoms. The van der Waals surface area contributed by atoms with Crippen LogP contribution in [0.15, 0.2) is 0 Å². The van der Waals surface area contributed by atoms with Gasteiger partial charge in [-0.1, -0.05) is 60.3 Å².